The second-order valence-electron chi connectivity index (χ2n) is 9.99. The molecule has 3 aromatic rings. The molecule has 3 heterocycles. The molecule has 0 saturated carbocycles. The normalized spacial score (nSPS) is 12.8. The van der Waals surface area contributed by atoms with E-state index in [2.05, 4.69) is 40.8 Å². The first-order chi connectivity index (χ1) is 17.7. The first-order valence-electron chi connectivity index (χ1n) is 12.7. The average molecular weight is 541 g/mol. The Balaban J connectivity index is 0.00000400. The lowest BCUT2D eigenvalue weighted by Gasteiger charge is -2.32. The zero-order chi connectivity index (χ0) is 26.5. The summed E-state index contributed by atoms with van der Waals surface area (Å²) in [6, 6.07) is 7.91. The Morgan fingerprint density at radius 2 is 1.97 bits per heavy atom. The molecule has 1 aliphatic heterocycles. The van der Waals surface area contributed by atoms with Crippen molar-refractivity contribution in [1.29, 1.82) is 0 Å². The third-order valence-corrected chi connectivity index (χ3v) is 7.53. The van der Waals surface area contributed by atoms with Crippen LogP contribution in [0.2, 0.25) is 0 Å². The van der Waals surface area contributed by atoms with Crippen LogP contribution < -0.4 is 10.2 Å². The van der Waals surface area contributed by atoms with E-state index in [9.17, 15) is 9.59 Å². The van der Waals surface area contributed by atoms with Gasteiger partial charge in [-0.3, -0.25) is 14.6 Å². The molecule has 10 heteroatoms. The van der Waals surface area contributed by atoms with E-state index in [0.717, 1.165) is 36.2 Å². The number of amides is 2. The minimum absolute atomic E-state index is 0. The maximum atomic E-state index is 13.4. The van der Waals surface area contributed by atoms with Crippen molar-refractivity contribution in [2.24, 2.45) is 5.92 Å². The molecule has 1 aromatic carbocycles. The van der Waals surface area contributed by atoms with Crippen LogP contribution in [0.4, 0.5) is 5.69 Å². The van der Waals surface area contributed by atoms with E-state index >= 15 is 0 Å². The molecule has 2 aromatic heterocycles. The fourth-order valence-electron chi connectivity index (χ4n) is 4.40. The van der Waals surface area contributed by atoms with Gasteiger partial charge in [0.25, 0.3) is 5.91 Å². The predicted octanol–water partition coefficient (Wildman–Crippen LogP) is 4.80. The van der Waals surface area contributed by atoms with Crippen molar-refractivity contribution in [1.82, 2.24) is 25.5 Å². The fourth-order valence-corrected chi connectivity index (χ4v) is 5.30. The number of fused-ring (bicyclic) bond motifs is 1. The number of benzene rings is 1. The van der Waals surface area contributed by atoms with Crippen LogP contribution in [-0.2, 0) is 22.7 Å². The summed E-state index contributed by atoms with van der Waals surface area (Å²) in [5, 5.41) is 12.9. The van der Waals surface area contributed by atoms with Gasteiger partial charge in [-0.25, -0.2) is 5.01 Å². The highest BCUT2D eigenvalue weighted by Gasteiger charge is 2.28. The van der Waals surface area contributed by atoms with E-state index in [4.69, 9.17) is 4.52 Å². The molecule has 38 heavy (non-hydrogen) atoms. The summed E-state index contributed by atoms with van der Waals surface area (Å²) in [6.45, 7) is 10.3. The second-order valence-corrected chi connectivity index (χ2v) is 11.0. The van der Waals surface area contributed by atoms with Gasteiger partial charge in [-0.1, -0.05) is 38.6 Å². The molecule has 1 N–H and O–H groups in total. The zero-order valence-corrected chi connectivity index (χ0v) is 23.1. The van der Waals surface area contributed by atoms with Crippen molar-refractivity contribution in [2.75, 3.05) is 31.6 Å². The van der Waals surface area contributed by atoms with Crippen LogP contribution in [0.5, 0.6) is 0 Å². The molecule has 4 rings (SSSR count). The summed E-state index contributed by atoms with van der Waals surface area (Å²) in [7, 11) is 1.80. The molecule has 0 bridgehead atoms. The Labute approximate surface area is 229 Å². The van der Waals surface area contributed by atoms with Gasteiger partial charge in [0.1, 0.15) is 0 Å². The lowest BCUT2D eigenvalue weighted by Crippen LogP contribution is -2.48. The Bertz CT molecular complexity index is 1220. The van der Waals surface area contributed by atoms with E-state index in [-0.39, 0.29) is 32.3 Å². The number of thiophene rings is 1. The van der Waals surface area contributed by atoms with Crippen LogP contribution in [0, 0.1) is 19.8 Å². The number of carbonyl (C=O) groups is 2. The Hall–Kier alpha value is -3.24. The number of anilines is 1. The summed E-state index contributed by atoms with van der Waals surface area (Å²) in [5.41, 5.74) is 3.78. The fraction of sp³-hybridized carbons (Fsp3) is 0.500. The summed E-state index contributed by atoms with van der Waals surface area (Å²) in [5.74, 6) is 1.36. The van der Waals surface area contributed by atoms with Gasteiger partial charge in [0.05, 0.1) is 19.6 Å². The van der Waals surface area contributed by atoms with Crippen molar-refractivity contribution in [3.8, 4) is 11.4 Å². The number of nitrogens with one attached hydrogen (secondary N) is 1. The van der Waals surface area contributed by atoms with Crippen molar-refractivity contribution in [3.05, 3.63) is 51.5 Å². The number of aromatic nitrogens is 2. The highest BCUT2D eigenvalue weighted by atomic mass is 32.1. The largest absolute Gasteiger partial charge is 0.355 e. The molecule has 1 aliphatic rings. The molecule has 206 valence electrons. The Morgan fingerprint density at radius 1 is 1.18 bits per heavy atom. The van der Waals surface area contributed by atoms with Gasteiger partial charge in [0.2, 0.25) is 17.6 Å². The molecular formula is C28H40N6O3S. The van der Waals surface area contributed by atoms with Crippen LogP contribution in [0.1, 0.15) is 56.0 Å². The topological polar surface area (TPSA) is 94.8 Å². The summed E-state index contributed by atoms with van der Waals surface area (Å²) >= 11 is 1.72. The molecule has 0 radical (unpaired) electrons. The Morgan fingerprint density at radius 3 is 2.66 bits per heavy atom. The quantitative estimate of drug-likeness (QED) is 0.349. The highest BCUT2D eigenvalue weighted by molar-refractivity contribution is 7.10. The average Bonchev–Trinajstić information content (AvgIpc) is 3.58. The van der Waals surface area contributed by atoms with Crippen LogP contribution in [-0.4, -0.2) is 58.7 Å². The molecule has 9 nitrogen and oxygen atoms in total. The number of nitrogens with zero attached hydrogens (tertiary/aromatic N) is 5. The van der Waals surface area contributed by atoms with Gasteiger partial charge < -0.3 is 14.7 Å². The lowest BCUT2D eigenvalue weighted by molar-refractivity contribution is -0.145. The second kappa shape index (κ2) is 13.0. The number of hydrazine groups is 1. The van der Waals surface area contributed by atoms with E-state index in [0.29, 0.717) is 30.7 Å². The van der Waals surface area contributed by atoms with Crippen molar-refractivity contribution < 1.29 is 14.1 Å². The number of hydrogen-bond acceptors (Lipinski definition) is 8. The third kappa shape index (κ3) is 7.20. The van der Waals surface area contributed by atoms with E-state index in [1.165, 1.54) is 10.4 Å². The van der Waals surface area contributed by atoms with Crippen molar-refractivity contribution in [3.63, 3.8) is 0 Å². The Kier molecular flexibility index (Phi) is 10.0. The molecule has 0 atom stereocenters. The van der Waals surface area contributed by atoms with E-state index < -0.39 is 0 Å². The first-order valence-corrected chi connectivity index (χ1v) is 13.6. The molecule has 0 unspecified atom stereocenters. The minimum Gasteiger partial charge on any atom is -0.355 e. The lowest BCUT2D eigenvalue weighted by atomic mass is 10.1. The van der Waals surface area contributed by atoms with Gasteiger partial charge >= 0.3 is 0 Å². The number of rotatable bonds is 11. The minimum atomic E-state index is -0.109. The van der Waals surface area contributed by atoms with Gasteiger partial charge in [-0.15, -0.1) is 11.3 Å². The van der Waals surface area contributed by atoms with Gasteiger partial charge in [-0.05, 0) is 54.3 Å². The number of likely N-dealkylation sites (N-methyl/N-ethyl adjacent to an activating group) is 1. The summed E-state index contributed by atoms with van der Waals surface area (Å²) < 4.78 is 5.15. The molecule has 0 saturated heterocycles. The SMILES string of the molecule is C.Cc1nc(-c2ccc(C)c(N(CC(=O)NCCCC(C)C)CC(=O)N(C)N3Cc4ccsc4C3)c2)no1. The van der Waals surface area contributed by atoms with Gasteiger partial charge in [0, 0.05) is 43.2 Å². The van der Waals surface area contributed by atoms with Crippen LogP contribution >= 0.6 is 11.3 Å². The van der Waals surface area contributed by atoms with Gasteiger partial charge in [0.15, 0.2) is 0 Å². The molecular weight excluding hydrogens is 500 g/mol. The van der Waals surface area contributed by atoms with Crippen LogP contribution in [0.25, 0.3) is 11.4 Å². The zero-order valence-electron chi connectivity index (χ0n) is 22.3. The summed E-state index contributed by atoms with van der Waals surface area (Å²) in [4.78, 5) is 33.8. The number of hydrogen-bond donors (Lipinski definition) is 1. The first kappa shape index (κ1) is 29.3. The molecule has 0 aliphatic carbocycles. The monoisotopic (exact) mass is 540 g/mol. The van der Waals surface area contributed by atoms with E-state index in [1.807, 2.05) is 35.0 Å². The van der Waals surface area contributed by atoms with Crippen LogP contribution in [0.3, 0.4) is 0 Å². The maximum absolute atomic E-state index is 13.4. The van der Waals surface area contributed by atoms with E-state index in [1.54, 1.807) is 30.3 Å². The molecule has 0 spiro atoms. The standard InChI is InChI=1S/C27H36N6O3S.CH4/c1-18(2)7-6-11-28-25(34)16-32(17-26(35)31(5)33-14-22-10-12-37-24(22)15-33)23-13-21(9-8-19(23)3)27-29-20(4)36-30-27;/h8-10,12-13,18H,6-7,11,14-17H2,1-5H3,(H,28,34);1H4. The third-order valence-electron chi connectivity index (χ3n) is 6.58. The van der Waals surface area contributed by atoms with Crippen molar-refractivity contribution >= 4 is 28.8 Å². The highest BCUT2D eigenvalue weighted by Crippen LogP contribution is 2.29. The number of aryl methyl sites for hydroxylation is 2. The maximum Gasteiger partial charge on any atom is 0.256 e. The molecule has 0 fully saturated rings. The molecule has 2 amide bonds. The number of carbonyl (C=O) groups excluding carboxylic acids is 2. The van der Waals surface area contributed by atoms with Crippen molar-refractivity contribution in [2.45, 2.75) is 61.1 Å². The smallest absolute Gasteiger partial charge is 0.256 e. The predicted molar refractivity (Wildman–Crippen MR) is 152 cm³/mol. The summed E-state index contributed by atoms with van der Waals surface area (Å²) in [6.07, 6.45) is 1.98. The van der Waals surface area contributed by atoms with Gasteiger partial charge in [-0.2, -0.15) is 4.98 Å². The van der Waals surface area contributed by atoms with Crippen LogP contribution in [0.15, 0.2) is 34.2 Å².